The highest BCUT2D eigenvalue weighted by Crippen LogP contribution is 2.40. The molecule has 142 valence electrons. The Bertz CT molecular complexity index is 1260. The predicted molar refractivity (Wildman–Crippen MR) is 109 cm³/mol. The second-order valence-corrected chi connectivity index (χ2v) is 6.51. The second kappa shape index (κ2) is 8.89. The minimum atomic E-state index is -3.54. The number of aliphatic hydroxyl groups is 1. The van der Waals surface area contributed by atoms with E-state index in [0.29, 0.717) is 20.4 Å². The molecular formula is C21H25N3O2S. The first-order chi connectivity index (χ1) is 17.7. The summed E-state index contributed by atoms with van der Waals surface area (Å²) in [7, 11) is 0. The number of hydrogen-bond acceptors (Lipinski definition) is 6. The van der Waals surface area contributed by atoms with Gasteiger partial charge in [0.15, 0.2) is 0 Å². The summed E-state index contributed by atoms with van der Waals surface area (Å²) >= 11 is 1.28. The number of hydrogen-bond donors (Lipinski definition) is 1. The largest absolute Gasteiger partial charge is 0.394 e. The first-order valence-electron chi connectivity index (χ1n) is 14.1. The topological polar surface area (TPSA) is 48.3 Å². The van der Waals surface area contributed by atoms with E-state index in [4.69, 9.17) is 21.2 Å². The third-order valence-electron chi connectivity index (χ3n) is 3.69. The lowest BCUT2D eigenvalue weighted by molar-refractivity contribution is 0.0652. The smallest absolute Gasteiger partial charge is 0.137 e. The Hall–Kier alpha value is -1.86. The van der Waals surface area contributed by atoms with Crippen LogP contribution < -0.4 is 0 Å². The van der Waals surface area contributed by atoms with Gasteiger partial charge in [0.05, 0.1) is 33.7 Å². The molecule has 5 nitrogen and oxygen atoms in total. The molecule has 2 aliphatic rings. The highest BCUT2D eigenvalue weighted by atomic mass is 32.2. The molecule has 0 atom stereocenters. The van der Waals surface area contributed by atoms with Gasteiger partial charge in [0.2, 0.25) is 0 Å². The maximum absolute atomic E-state index is 9.23. The lowest BCUT2D eigenvalue weighted by Crippen LogP contribution is -2.49. The Balaban J connectivity index is 1.89. The van der Waals surface area contributed by atoms with Crippen LogP contribution in [-0.4, -0.2) is 73.0 Å². The lowest BCUT2D eigenvalue weighted by atomic mass is 10.1. The van der Waals surface area contributed by atoms with Crippen LogP contribution in [0.15, 0.2) is 63.3 Å². The molecule has 0 bridgehead atoms. The number of fused-ring (bicyclic) bond motifs is 2. The Morgan fingerprint density at radius 2 is 1.78 bits per heavy atom. The molecule has 0 unspecified atom stereocenters. The highest BCUT2D eigenvalue weighted by Gasteiger charge is 2.24. The summed E-state index contributed by atoms with van der Waals surface area (Å²) < 4.78 is 106. The number of rotatable bonds is 5. The monoisotopic (exact) mass is 395 g/mol. The van der Waals surface area contributed by atoms with Crippen molar-refractivity contribution < 1.29 is 26.3 Å². The van der Waals surface area contributed by atoms with E-state index >= 15 is 0 Å². The number of amidine groups is 1. The number of piperazine rings is 1. The van der Waals surface area contributed by atoms with E-state index in [9.17, 15) is 5.11 Å². The Labute approximate surface area is 181 Å². The second-order valence-electron chi connectivity index (χ2n) is 5.43. The minimum Gasteiger partial charge on any atom is -0.394 e. The van der Waals surface area contributed by atoms with Crippen molar-refractivity contribution in [2.45, 2.75) is 9.79 Å². The van der Waals surface area contributed by atoms with Crippen LogP contribution in [0.25, 0.3) is 0 Å². The average Bonchev–Trinajstić information content (AvgIpc) is 2.93. The Kier molecular flexibility index (Phi) is 2.99. The molecule has 1 saturated heterocycles. The van der Waals surface area contributed by atoms with Gasteiger partial charge in [-0.2, -0.15) is 0 Å². The van der Waals surface area contributed by atoms with E-state index in [2.05, 4.69) is 4.99 Å². The van der Waals surface area contributed by atoms with E-state index in [1.807, 2.05) is 0 Å². The fourth-order valence-corrected chi connectivity index (χ4v) is 3.50. The number of benzene rings is 2. The van der Waals surface area contributed by atoms with Gasteiger partial charge in [-0.1, -0.05) is 42.1 Å². The van der Waals surface area contributed by atoms with E-state index in [0.717, 1.165) is 0 Å². The van der Waals surface area contributed by atoms with Gasteiger partial charge < -0.3 is 14.7 Å². The van der Waals surface area contributed by atoms with Crippen LogP contribution in [0, 0.1) is 0 Å². The summed E-state index contributed by atoms with van der Waals surface area (Å²) in [6, 6.07) is 13.3. The van der Waals surface area contributed by atoms with Crippen LogP contribution in [0.2, 0.25) is 0 Å². The minimum absolute atomic E-state index is 0.206. The van der Waals surface area contributed by atoms with Crippen LogP contribution in [0.5, 0.6) is 0 Å². The molecule has 1 N–H and O–H groups in total. The fourth-order valence-electron chi connectivity index (χ4n) is 2.49. The summed E-state index contributed by atoms with van der Waals surface area (Å²) in [5.41, 5.74) is 0.550. The molecular weight excluding hydrogens is 358 g/mol. The zero-order valence-electron chi connectivity index (χ0n) is 26.1. The van der Waals surface area contributed by atoms with E-state index < -0.39 is 52.3 Å². The third-order valence-corrected chi connectivity index (χ3v) is 4.83. The maximum atomic E-state index is 9.23. The van der Waals surface area contributed by atoms with Crippen molar-refractivity contribution in [2.24, 2.45) is 4.99 Å². The van der Waals surface area contributed by atoms with Gasteiger partial charge in [0.1, 0.15) is 5.84 Å². The Morgan fingerprint density at radius 1 is 1.04 bits per heavy atom. The zero-order chi connectivity index (χ0) is 29.2. The van der Waals surface area contributed by atoms with Crippen molar-refractivity contribution >= 4 is 23.3 Å². The molecule has 2 aliphatic heterocycles. The van der Waals surface area contributed by atoms with Crippen molar-refractivity contribution in [2.75, 3.05) is 52.3 Å². The van der Waals surface area contributed by atoms with Crippen molar-refractivity contribution in [3.8, 4) is 0 Å². The van der Waals surface area contributed by atoms with Crippen molar-refractivity contribution in [3.05, 3.63) is 54.1 Å². The van der Waals surface area contributed by atoms with E-state index in [1.165, 1.54) is 17.8 Å². The van der Waals surface area contributed by atoms with Gasteiger partial charge in [-0.3, -0.25) is 4.90 Å². The SMILES string of the molecule is [2H]C([2H])(O)COCC([2H])([2H])N1C([2H])([2H])C([2H])([2H])N(C2=Nc3ccccc3Sc3ccccc32)C([2H])([2H])C1([2H])[2H]. The van der Waals surface area contributed by atoms with Crippen molar-refractivity contribution in [1.82, 2.24) is 9.80 Å². The molecule has 2 heterocycles. The van der Waals surface area contributed by atoms with Gasteiger partial charge in [0, 0.05) is 56.1 Å². The molecule has 27 heavy (non-hydrogen) atoms. The number of para-hydroxylation sites is 1. The molecule has 0 saturated carbocycles. The van der Waals surface area contributed by atoms with Crippen LogP contribution >= 0.6 is 11.8 Å². The van der Waals surface area contributed by atoms with E-state index in [1.54, 1.807) is 42.5 Å². The molecule has 0 spiro atoms. The fraction of sp³-hybridized carbons (Fsp3) is 0.381. The number of nitrogens with zero attached hydrogens (tertiary/aromatic N) is 3. The molecule has 2 aromatic carbocycles. The van der Waals surface area contributed by atoms with Crippen LogP contribution in [-0.2, 0) is 4.74 Å². The predicted octanol–water partition coefficient (Wildman–Crippen LogP) is 2.86. The summed E-state index contributed by atoms with van der Waals surface area (Å²) in [5, 5.41) is 9.23. The molecule has 1 fully saturated rings. The summed E-state index contributed by atoms with van der Waals surface area (Å²) in [6.07, 6.45) is 0. The van der Waals surface area contributed by atoms with Gasteiger partial charge in [-0.25, -0.2) is 4.99 Å². The molecule has 0 aliphatic carbocycles. The standard InChI is InChI=1S/C21H25N3O2S/c25-14-16-26-15-13-23-9-11-24(12-10-23)21-17-5-1-3-7-19(17)27-20-8-4-2-6-18(20)22-21/h1-8,25H,9-16H2/i9D2,10D2,11D2,12D2,13D2,14D2. The van der Waals surface area contributed by atoms with Gasteiger partial charge in [0.25, 0.3) is 0 Å². The molecule has 4 rings (SSSR count). The summed E-state index contributed by atoms with van der Waals surface area (Å²) in [4.78, 5) is 5.77. The van der Waals surface area contributed by atoms with Crippen LogP contribution in [0.1, 0.15) is 22.0 Å². The summed E-state index contributed by atoms with van der Waals surface area (Å²) in [6.45, 7) is -22.2. The zero-order valence-corrected chi connectivity index (χ0v) is 15.0. The molecule has 0 amide bonds. The molecule has 0 aromatic heterocycles. The van der Waals surface area contributed by atoms with Gasteiger partial charge >= 0.3 is 0 Å². The van der Waals surface area contributed by atoms with Crippen LogP contribution in [0.4, 0.5) is 5.69 Å². The number of ether oxygens (including phenoxy) is 1. The molecule has 6 heteroatoms. The van der Waals surface area contributed by atoms with Crippen LogP contribution in [0.3, 0.4) is 0 Å². The number of aliphatic imine (C=N–C) groups is 1. The molecule has 0 radical (unpaired) electrons. The average molecular weight is 396 g/mol. The summed E-state index contributed by atoms with van der Waals surface area (Å²) in [5.74, 6) is -0.379. The first kappa shape index (κ1) is 9.09. The highest BCUT2D eigenvalue weighted by molar-refractivity contribution is 7.99. The quantitative estimate of drug-likeness (QED) is 0.844. The normalized spacial score (nSPS) is 32.2. The third kappa shape index (κ3) is 4.35. The maximum Gasteiger partial charge on any atom is 0.137 e. The first-order valence-corrected chi connectivity index (χ1v) is 8.93. The Morgan fingerprint density at radius 3 is 2.59 bits per heavy atom. The van der Waals surface area contributed by atoms with E-state index in [-0.39, 0.29) is 16.3 Å². The van der Waals surface area contributed by atoms with Gasteiger partial charge in [-0.15, -0.1) is 0 Å². The lowest BCUT2D eigenvalue weighted by Gasteiger charge is -2.36. The van der Waals surface area contributed by atoms with Crippen molar-refractivity contribution in [3.63, 3.8) is 0 Å². The van der Waals surface area contributed by atoms with Gasteiger partial charge in [-0.05, 0) is 18.2 Å². The molecule has 2 aromatic rings. The van der Waals surface area contributed by atoms with Crippen molar-refractivity contribution in [1.29, 1.82) is 0 Å².